The summed E-state index contributed by atoms with van der Waals surface area (Å²) in [4.78, 5) is 3.98. The van der Waals surface area contributed by atoms with Crippen LogP contribution in [0.4, 0.5) is 5.69 Å². The molecule has 5 heteroatoms. The Bertz CT molecular complexity index is 527. The third kappa shape index (κ3) is 1.32. The molecule has 4 nitrogen and oxygen atoms in total. The molecule has 0 radical (unpaired) electrons. The molecule has 2 aromatic rings. The number of nitrogen functional groups attached to an aromatic ring is 1. The van der Waals surface area contributed by atoms with Crippen molar-refractivity contribution in [2.24, 2.45) is 0 Å². The van der Waals surface area contributed by atoms with Crippen molar-refractivity contribution in [1.29, 1.82) is 0 Å². The fraction of sp³-hybridized carbons (Fsp3) is 0.222. The first-order valence-corrected chi connectivity index (χ1v) is 6.77. The average molecular weight is 210 g/mol. The molecule has 0 bridgehead atoms. The van der Waals surface area contributed by atoms with Gasteiger partial charge < -0.3 is 14.7 Å². The molecule has 0 unspecified atom stereocenters. The van der Waals surface area contributed by atoms with Crippen LogP contribution in [0.5, 0.6) is 0 Å². The van der Waals surface area contributed by atoms with E-state index in [1.807, 2.05) is 0 Å². The van der Waals surface area contributed by atoms with Gasteiger partial charge in [0.2, 0.25) is 0 Å². The van der Waals surface area contributed by atoms with Crippen molar-refractivity contribution in [3.63, 3.8) is 0 Å². The Kier molecular flexibility index (Phi) is 1.89. The maximum atomic E-state index is 11.9. The van der Waals surface area contributed by atoms with Gasteiger partial charge in [-0.1, -0.05) is 0 Å². The van der Waals surface area contributed by atoms with Gasteiger partial charge in [-0.25, -0.2) is 4.98 Å². The van der Waals surface area contributed by atoms with Crippen LogP contribution in [0, 0.1) is 0 Å². The Labute approximate surface area is 81.5 Å². The topological polar surface area (TPSA) is 69.1 Å². The number of oxazole rings is 1. The van der Waals surface area contributed by atoms with E-state index in [-0.39, 0.29) is 0 Å². The molecule has 1 aromatic heterocycles. The van der Waals surface area contributed by atoms with Crippen LogP contribution in [0.25, 0.3) is 11.1 Å². The maximum Gasteiger partial charge on any atom is 0.182 e. The van der Waals surface area contributed by atoms with Crippen LogP contribution in [0.2, 0.25) is 0 Å². The van der Waals surface area contributed by atoms with Crippen LogP contribution >= 0.6 is 7.14 Å². The highest BCUT2D eigenvalue weighted by Gasteiger charge is 2.18. The first-order valence-electron chi connectivity index (χ1n) is 4.17. The second-order valence-electron chi connectivity index (χ2n) is 3.55. The van der Waals surface area contributed by atoms with Gasteiger partial charge in [0.25, 0.3) is 0 Å². The average Bonchev–Trinajstić information content (AvgIpc) is 2.50. The van der Waals surface area contributed by atoms with Gasteiger partial charge in [-0.15, -0.1) is 0 Å². The Morgan fingerprint density at radius 1 is 1.43 bits per heavy atom. The van der Waals surface area contributed by atoms with Crippen LogP contribution in [0.3, 0.4) is 0 Å². The molecule has 0 aliphatic carbocycles. The first kappa shape index (κ1) is 9.28. The Hall–Kier alpha value is -1.28. The SMILES string of the molecule is CP(C)(=O)c1ccc(N)c2ncoc12. The minimum atomic E-state index is -2.34. The quantitative estimate of drug-likeness (QED) is 0.574. The molecule has 0 fully saturated rings. The van der Waals surface area contributed by atoms with Gasteiger partial charge in [-0.3, -0.25) is 0 Å². The lowest BCUT2D eigenvalue weighted by Gasteiger charge is -2.07. The zero-order chi connectivity index (χ0) is 10.3. The summed E-state index contributed by atoms with van der Waals surface area (Å²) in [6.07, 6.45) is 1.32. The lowest BCUT2D eigenvalue weighted by molar-refractivity contribution is 0.586. The molecule has 1 heterocycles. The molecule has 0 amide bonds. The maximum absolute atomic E-state index is 11.9. The Morgan fingerprint density at radius 3 is 2.79 bits per heavy atom. The number of hydrogen-bond donors (Lipinski definition) is 1. The largest absolute Gasteiger partial charge is 0.443 e. The molecule has 0 aliphatic heterocycles. The second-order valence-corrected chi connectivity index (χ2v) is 6.74. The molecular formula is C9H11N2O2P. The van der Waals surface area contributed by atoms with E-state index < -0.39 is 7.14 Å². The summed E-state index contributed by atoms with van der Waals surface area (Å²) < 4.78 is 17.1. The number of rotatable bonds is 1. The highest BCUT2D eigenvalue weighted by molar-refractivity contribution is 7.70. The number of fused-ring (bicyclic) bond motifs is 1. The predicted octanol–water partition coefficient (Wildman–Crippen LogP) is 1.66. The number of hydrogen-bond acceptors (Lipinski definition) is 4. The van der Waals surface area contributed by atoms with E-state index in [0.717, 1.165) is 0 Å². The summed E-state index contributed by atoms with van der Waals surface area (Å²) >= 11 is 0. The van der Waals surface area contributed by atoms with Crippen molar-refractivity contribution < 1.29 is 8.98 Å². The van der Waals surface area contributed by atoms with Crippen LogP contribution < -0.4 is 11.0 Å². The standard InChI is InChI=1S/C9H11N2O2P/c1-14(2,12)7-4-3-6(10)8-9(7)13-5-11-8/h3-5H,10H2,1-2H3. The van der Waals surface area contributed by atoms with Gasteiger partial charge in [0.05, 0.1) is 11.0 Å². The predicted molar refractivity (Wildman–Crippen MR) is 57.5 cm³/mol. The summed E-state index contributed by atoms with van der Waals surface area (Å²) in [5.41, 5.74) is 7.38. The summed E-state index contributed by atoms with van der Waals surface area (Å²) in [6.45, 7) is 3.39. The number of nitrogens with zero attached hydrogens (tertiary/aromatic N) is 1. The van der Waals surface area contributed by atoms with Crippen molar-refractivity contribution >= 4 is 29.2 Å². The third-order valence-electron chi connectivity index (χ3n) is 2.07. The lowest BCUT2D eigenvalue weighted by Crippen LogP contribution is -2.04. The molecule has 0 saturated carbocycles. The van der Waals surface area contributed by atoms with E-state index in [4.69, 9.17) is 10.2 Å². The molecule has 1 aromatic carbocycles. The molecule has 0 spiro atoms. The van der Waals surface area contributed by atoms with Crippen molar-refractivity contribution in [2.75, 3.05) is 19.1 Å². The van der Waals surface area contributed by atoms with Crippen molar-refractivity contribution in [3.05, 3.63) is 18.5 Å². The van der Waals surface area contributed by atoms with Gasteiger partial charge in [0, 0.05) is 0 Å². The zero-order valence-corrected chi connectivity index (χ0v) is 8.91. The molecular weight excluding hydrogens is 199 g/mol. The van der Waals surface area contributed by atoms with Crippen LogP contribution in [-0.4, -0.2) is 18.3 Å². The van der Waals surface area contributed by atoms with E-state index in [1.54, 1.807) is 25.5 Å². The van der Waals surface area contributed by atoms with Gasteiger partial charge in [-0.05, 0) is 25.5 Å². The molecule has 0 atom stereocenters. The minimum absolute atomic E-state index is 0.540. The normalized spacial score (nSPS) is 12.1. The molecule has 0 aliphatic rings. The lowest BCUT2D eigenvalue weighted by atomic mass is 10.3. The van der Waals surface area contributed by atoms with E-state index in [1.165, 1.54) is 6.39 Å². The van der Waals surface area contributed by atoms with Gasteiger partial charge in [0.1, 0.15) is 12.7 Å². The van der Waals surface area contributed by atoms with Crippen LogP contribution in [0.15, 0.2) is 22.9 Å². The zero-order valence-electron chi connectivity index (χ0n) is 8.02. The van der Waals surface area contributed by atoms with Gasteiger partial charge in [0.15, 0.2) is 12.0 Å². The summed E-state index contributed by atoms with van der Waals surface area (Å²) in [5, 5.41) is 0.694. The minimum Gasteiger partial charge on any atom is -0.443 e. The number of anilines is 1. The molecule has 2 rings (SSSR count). The fourth-order valence-corrected chi connectivity index (χ4v) is 2.46. The fourth-order valence-electron chi connectivity index (χ4n) is 1.38. The second kappa shape index (κ2) is 2.85. The van der Waals surface area contributed by atoms with Gasteiger partial charge in [-0.2, -0.15) is 0 Å². The summed E-state index contributed by atoms with van der Waals surface area (Å²) in [7, 11) is -2.34. The van der Waals surface area contributed by atoms with E-state index in [2.05, 4.69) is 4.98 Å². The van der Waals surface area contributed by atoms with Crippen molar-refractivity contribution in [3.8, 4) is 0 Å². The smallest absolute Gasteiger partial charge is 0.182 e. The number of aromatic nitrogens is 1. The number of benzene rings is 1. The Balaban J connectivity index is 2.86. The Morgan fingerprint density at radius 2 is 2.14 bits per heavy atom. The van der Waals surface area contributed by atoms with Crippen molar-refractivity contribution in [1.82, 2.24) is 4.98 Å². The van der Waals surface area contributed by atoms with E-state index >= 15 is 0 Å². The van der Waals surface area contributed by atoms with Gasteiger partial charge >= 0.3 is 0 Å². The summed E-state index contributed by atoms with van der Waals surface area (Å²) in [6, 6.07) is 3.45. The molecule has 14 heavy (non-hydrogen) atoms. The van der Waals surface area contributed by atoms with Crippen LogP contribution in [-0.2, 0) is 4.57 Å². The number of nitrogens with two attached hydrogens (primary N) is 1. The first-order chi connectivity index (χ1) is 6.50. The molecule has 2 N–H and O–H groups in total. The molecule has 74 valence electrons. The highest BCUT2D eigenvalue weighted by atomic mass is 31.2. The highest BCUT2D eigenvalue weighted by Crippen LogP contribution is 2.38. The molecule has 0 saturated heterocycles. The monoisotopic (exact) mass is 210 g/mol. The third-order valence-corrected chi connectivity index (χ3v) is 3.59. The van der Waals surface area contributed by atoms with E-state index in [9.17, 15) is 4.57 Å². The summed E-state index contributed by atoms with van der Waals surface area (Å²) in [5.74, 6) is 0. The van der Waals surface area contributed by atoms with Crippen LogP contribution in [0.1, 0.15) is 0 Å². The van der Waals surface area contributed by atoms with Crippen molar-refractivity contribution in [2.45, 2.75) is 0 Å². The van der Waals surface area contributed by atoms with E-state index in [0.29, 0.717) is 22.1 Å².